The summed E-state index contributed by atoms with van der Waals surface area (Å²) < 4.78 is 2.25. The van der Waals surface area contributed by atoms with Crippen molar-refractivity contribution in [2.75, 3.05) is 0 Å². The fourth-order valence-electron chi connectivity index (χ4n) is 1.07. The Bertz CT molecular complexity index is 435. The van der Waals surface area contributed by atoms with Gasteiger partial charge in [-0.25, -0.2) is 9.50 Å². The number of nitrogens with zero attached hydrogens (tertiary/aromatic N) is 4. The summed E-state index contributed by atoms with van der Waals surface area (Å²) in [7, 11) is 0. The van der Waals surface area contributed by atoms with Gasteiger partial charge in [0.2, 0.25) is 4.73 Å². The maximum absolute atomic E-state index is 4.18. The molecule has 0 aromatic carbocycles. The lowest BCUT2D eigenvalue weighted by atomic mass is 10.1. The molecule has 0 spiro atoms. The van der Waals surface area contributed by atoms with E-state index in [0.29, 0.717) is 16.4 Å². The highest BCUT2D eigenvalue weighted by atomic mass is 79.9. The summed E-state index contributed by atoms with van der Waals surface area (Å²) in [6.07, 6.45) is 3.78. The Morgan fingerprint density at radius 2 is 2.23 bits per heavy atom. The van der Waals surface area contributed by atoms with Gasteiger partial charge in [-0.05, 0) is 27.4 Å². The van der Waals surface area contributed by atoms with E-state index in [9.17, 15) is 0 Å². The van der Waals surface area contributed by atoms with Crippen LogP contribution in [0.15, 0.2) is 17.1 Å². The zero-order valence-corrected chi connectivity index (χ0v) is 8.98. The molecule has 0 saturated heterocycles. The Morgan fingerprint density at radius 3 is 2.92 bits per heavy atom. The normalized spacial score (nSPS) is 11.4. The highest BCUT2D eigenvalue weighted by Gasteiger charge is 2.04. The van der Waals surface area contributed by atoms with E-state index in [4.69, 9.17) is 0 Å². The molecule has 0 aliphatic rings. The van der Waals surface area contributed by atoms with Crippen LogP contribution in [0.1, 0.15) is 25.3 Å². The standard InChI is InChI=1S/C8H9BrN4/c1-5(2)6-3-10-8-11-7(9)12-13(8)4-6/h3-5H,1-2H3. The van der Waals surface area contributed by atoms with Gasteiger partial charge in [0.05, 0.1) is 0 Å². The third-order valence-electron chi connectivity index (χ3n) is 1.85. The van der Waals surface area contributed by atoms with Gasteiger partial charge in [-0.1, -0.05) is 13.8 Å². The molecule has 0 N–H and O–H groups in total. The highest BCUT2D eigenvalue weighted by molar-refractivity contribution is 9.10. The second-order valence-corrected chi connectivity index (χ2v) is 3.88. The summed E-state index contributed by atoms with van der Waals surface area (Å²) in [5.41, 5.74) is 1.16. The van der Waals surface area contributed by atoms with Crippen molar-refractivity contribution in [2.45, 2.75) is 19.8 Å². The lowest BCUT2D eigenvalue weighted by molar-refractivity contribution is 0.818. The molecule has 2 rings (SSSR count). The van der Waals surface area contributed by atoms with Crippen LogP contribution in [-0.2, 0) is 0 Å². The minimum absolute atomic E-state index is 0.458. The molecular formula is C8H9BrN4. The predicted octanol–water partition coefficient (Wildman–Crippen LogP) is 2.01. The van der Waals surface area contributed by atoms with Gasteiger partial charge in [-0.15, -0.1) is 5.10 Å². The Kier molecular flexibility index (Phi) is 2.03. The van der Waals surface area contributed by atoms with Crippen LogP contribution in [0.25, 0.3) is 5.78 Å². The maximum atomic E-state index is 4.18. The van der Waals surface area contributed by atoms with Crippen molar-refractivity contribution in [1.82, 2.24) is 19.6 Å². The topological polar surface area (TPSA) is 43.1 Å². The van der Waals surface area contributed by atoms with Gasteiger partial charge in [0.1, 0.15) is 0 Å². The molecule has 0 aliphatic heterocycles. The number of fused-ring (bicyclic) bond motifs is 1. The first-order chi connectivity index (χ1) is 6.16. The second kappa shape index (κ2) is 3.06. The number of hydrogen-bond acceptors (Lipinski definition) is 3. The zero-order valence-electron chi connectivity index (χ0n) is 7.40. The van der Waals surface area contributed by atoms with Gasteiger partial charge in [-0.2, -0.15) is 4.98 Å². The lowest BCUT2D eigenvalue weighted by Gasteiger charge is -2.02. The third kappa shape index (κ3) is 1.56. The summed E-state index contributed by atoms with van der Waals surface area (Å²) in [6.45, 7) is 4.24. The van der Waals surface area contributed by atoms with E-state index in [-0.39, 0.29) is 0 Å². The summed E-state index contributed by atoms with van der Waals surface area (Å²) in [6, 6.07) is 0. The minimum Gasteiger partial charge on any atom is -0.219 e. The van der Waals surface area contributed by atoms with Crippen LogP contribution in [0.4, 0.5) is 0 Å². The van der Waals surface area contributed by atoms with Gasteiger partial charge in [0.25, 0.3) is 5.78 Å². The average Bonchev–Trinajstić information content (AvgIpc) is 2.42. The average molecular weight is 241 g/mol. The molecule has 0 bridgehead atoms. The van der Waals surface area contributed by atoms with E-state index in [1.165, 1.54) is 0 Å². The summed E-state index contributed by atoms with van der Waals surface area (Å²) in [5, 5.41) is 4.12. The van der Waals surface area contributed by atoms with Crippen molar-refractivity contribution in [3.8, 4) is 0 Å². The van der Waals surface area contributed by atoms with E-state index >= 15 is 0 Å². The third-order valence-corrected chi connectivity index (χ3v) is 2.19. The SMILES string of the molecule is CC(C)c1cnc2nc(Br)nn2c1. The van der Waals surface area contributed by atoms with Gasteiger partial charge >= 0.3 is 0 Å². The van der Waals surface area contributed by atoms with Crippen LogP contribution in [0.2, 0.25) is 0 Å². The molecule has 0 fully saturated rings. The molecule has 2 aromatic rings. The van der Waals surface area contributed by atoms with Gasteiger partial charge in [-0.3, -0.25) is 0 Å². The van der Waals surface area contributed by atoms with Crippen LogP contribution in [0, 0.1) is 0 Å². The Balaban J connectivity index is 2.61. The van der Waals surface area contributed by atoms with Crippen LogP contribution in [0.3, 0.4) is 0 Å². The van der Waals surface area contributed by atoms with E-state index in [1.54, 1.807) is 4.52 Å². The van der Waals surface area contributed by atoms with Crippen molar-refractivity contribution < 1.29 is 0 Å². The first-order valence-electron chi connectivity index (χ1n) is 4.04. The fraction of sp³-hybridized carbons (Fsp3) is 0.375. The molecule has 2 heterocycles. The Hall–Kier alpha value is -0.970. The highest BCUT2D eigenvalue weighted by Crippen LogP contribution is 2.13. The first kappa shape index (κ1) is 8.62. The summed E-state index contributed by atoms with van der Waals surface area (Å²) >= 11 is 3.20. The quantitative estimate of drug-likeness (QED) is 0.766. The van der Waals surface area contributed by atoms with Gasteiger partial charge < -0.3 is 0 Å². The molecule has 0 unspecified atom stereocenters. The summed E-state index contributed by atoms with van der Waals surface area (Å²) in [4.78, 5) is 8.25. The second-order valence-electron chi connectivity index (χ2n) is 3.17. The molecular weight excluding hydrogens is 232 g/mol. The number of rotatable bonds is 1. The van der Waals surface area contributed by atoms with Crippen molar-refractivity contribution in [1.29, 1.82) is 0 Å². The molecule has 0 aliphatic carbocycles. The maximum Gasteiger partial charge on any atom is 0.253 e. The van der Waals surface area contributed by atoms with Crippen molar-refractivity contribution in [3.05, 3.63) is 22.7 Å². The molecule has 4 nitrogen and oxygen atoms in total. The molecule has 5 heteroatoms. The van der Waals surface area contributed by atoms with Crippen LogP contribution < -0.4 is 0 Å². The molecule has 0 atom stereocenters. The monoisotopic (exact) mass is 240 g/mol. The number of aromatic nitrogens is 4. The lowest BCUT2D eigenvalue weighted by Crippen LogP contribution is -1.96. The largest absolute Gasteiger partial charge is 0.253 e. The Morgan fingerprint density at radius 1 is 1.46 bits per heavy atom. The molecule has 0 radical (unpaired) electrons. The Labute approximate surface area is 84.1 Å². The van der Waals surface area contributed by atoms with Gasteiger partial charge in [0, 0.05) is 12.4 Å². The van der Waals surface area contributed by atoms with E-state index in [1.807, 2.05) is 12.4 Å². The molecule has 68 valence electrons. The van der Waals surface area contributed by atoms with Crippen LogP contribution in [-0.4, -0.2) is 19.6 Å². The van der Waals surface area contributed by atoms with E-state index < -0.39 is 0 Å². The number of halogens is 1. The van der Waals surface area contributed by atoms with E-state index in [0.717, 1.165) is 5.56 Å². The minimum atomic E-state index is 0.458. The van der Waals surface area contributed by atoms with Crippen LogP contribution >= 0.6 is 15.9 Å². The fourth-order valence-corrected chi connectivity index (χ4v) is 1.40. The predicted molar refractivity (Wildman–Crippen MR) is 52.6 cm³/mol. The first-order valence-corrected chi connectivity index (χ1v) is 4.84. The number of hydrogen-bond donors (Lipinski definition) is 0. The molecule has 0 saturated carbocycles. The molecule has 13 heavy (non-hydrogen) atoms. The smallest absolute Gasteiger partial charge is 0.219 e. The van der Waals surface area contributed by atoms with Gasteiger partial charge in [0.15, 0.2) is 0 Å². The summed E-state index contributed by atoms with van der Waals surface area (Å²) in [5.74, 6) is 1.08. The van der Waals surface area contributed by atoms with Crippen molar-refractivity contribution in [3.63, 3.8) is 0 Å². The molecule has 2 aromatic heterocycles. The van der Waals surface area contributed by atoms with Crippen molar-refractivity contribution >= 4 is 21.7 Å². The zero-order chi connectivity index (χ0) is 9.42. The van der Waals surface area contributed by atoms with E-state index in [2.05, 4.69) is 44.8 Å². The van der Waals surface area contributed by atoms with Crippen molar-refractivity contribution in [2.24, 2.45) is 0 Å². The van der Waals surface area contributed by atoms with Crippen LogP contribution in [0.5, 0.6) is 0 Å². The molecule has 0 amide bonds.